The molecule has 0 radical (unpaired) electrons. The summed E-state index contributed by atoms with van der Waals surface area (Å²) in [5, 5.41) is 0. The van der Waals surface area contributed by atoms with Crippen LogP contribution < -0.4 is 17.0 Å². The van der Waals surface area contributed by atoms with E-state index >= 15 is 0 Å². The lowest BCUT2D eigenvalue weighted by Crippen LogP contribution is -2.42. The zero-order valence-corrected chi connectivity index (χ0v) is 10.4. The van der Waals surface area contributed by atoms with Crippen molar-refractivity contribution in [2.24, 2.45) is 11.6 Å². The summed E-state index contributed by atoms with van der Waals surface area (Å²) in [4.78, 5) is 21.0. The van der Waals surface area contributed by atoms with Crippen LogP contribution in [0.5, 0.6) is 0 Å². The highest BCUT2D eigenvalue weighted by atomic mass is 33.1. The lowest BCUT2D eigenvalue weighted by atomic mass is 10.1. The maximum absolute atomic E-state index is 10.5. The van der Waals surface area contributed by atoms with Gasteiger partial charge in [0.2, 0.25) is 0 Å². The molecule has 0 saturated carbocycles. The van der Waals surface area contributed by atoms with Crippen LogP contribution in [0.2, 0.25) is 0 Å². The molecule has 5 N–H and O–H groups in total. The van der Waals surface area contributed by atoms with Crippen molar-refractivity contribution in [3.63, 3.8) is 0 Å². The Morgan fingerprint density at radius 3 is 2.40 bits per heavy atom. The normalized spacial score (nSPS) is 15.7. The molecule has 0 spiro atoms. The Bertz CT molecular complexity index is 214. The topological polar surface area (TPSA) is 98.2 Å². The highest BCUT2D eigenvalue weighted by molar-refractivity contribution is 8.77. The molecule has 2 atom stereocenters. The molecular weight excluding hydrogens is 234 g/mol. The summed E-state index contributed by atoms with van der Waals surface area (Å²) in [6.45, 7) is 3.77. The third-order valence-corrected chi connectivity index (χ3v) is 5.21. The zero-order valence-electron chi connectivity index (χ0n) is 8.80. The molecule has 7 heteroatoms. The van der Waals surface area contributed by atoms with Gasteiger partial charge in [-0.25, -0.2) is 5.43 Å². The number of rotatable bonds is 8. The third kappa shape index (κ3) is 5.53. The van der Waals surface area contributed by atoms with E-state index in [1.807, 2.05) is 13.8 Å². The minimum Gasteiger partial charge on any atom is -0.321 e. The first-order valence-corrected chi connectivity index (χ1v) is 6.72. The minimum atomic E-state index is -0.518. The summed E-state index contributed by atoms with van der Waals surface area (Å²) in [5.74, 6) is 5.68. The molecule has 0 heterocycles. The lowest BCUT2D eigenvalue weighted by molar-refractivity contribution is -0.110. The molecule has 0 aliphatic heterocycles. The van der Waals surface area contributed by atoms with Crippen molar-refractivity contribution in [1.82, 2.24) is 5.43 Å². The Hall–Kier alpha value is -0.0800. The lowest BCUT2D eigenvalue weighted by Gasteiger charge is -2.26. The van der Waals surface area contributed by atoms with Crippen molar-refractivity contribution in [3.05, 3.63) is 0 Å². The Morgan fingerprint density at radius 2 is 2.00 bits per heavy atom. The van der Waals surface area contributed by atoms with Gasteiger partial charge in [0, 0.05) is 10.5 Å². The van der Waals surface area contributed by atoms with Crippen LogP contribution in [0.4, 0.5) is 0 Å². The van der Waals surface area contributed by atoms with Crippen LogP contribution in [0.25, 0.3) is 0 Å². The number of hydrogen-bond donors (Lipinski definition) is 3. The summed E-state index contributed by atoms with van der Waals surface area (Å²) >= 11 is 0. The fraction of sp³-hybridized carbons (Fsp3) is 0.750. The van der Waals surface area contributed by atoms with Gasteiger partial charge in [0.05, 0.1) is 12.1 Å². The number of hydrazine groups is 1. The van der Waals surface area contributed by atoms with E-state index < -0.39 is 6.04 Å². The molecule has 0 saturated heterocycles. The Balaban J connectivity index is 3.93. The molecule has 5 nitrogen and oxygen atoms in total. The average molecular weight is 251 g/mol. The second kappa shape index (κ2) is 7.24. The molecule has 0 amide bonds. The van der Waals surface area contributed by atoms with Gasteiger partial charge in [-0.2, -0.15) is 0 Å². The van der Waals surface area contributed by atoms with E-state index in [4.69, 9.17) is 11.6 Å². The molecule has 0 rings (SSSR count). The predicted octanol–water partition coefficient (Wildman–Crippen LogP) is -0.297. The standard InChI is InChI=1S/C8H17N3O2S2/c1-8(2,7(9)4-13)15-14-5-6(3-12)11-10/h3-4,6-7,11H,5,9-10H2,1-2H3. The molecule has 2 unspecified atom stereocenters. The fourth-order valence-electron chi connectivity index (χ4n) is 0.605. The van der Waals surface area contributed by atoms with Gasteiger partial charge in [-0.1, -0.05) is 21.6 Å². The molecule has 0 fully saturated rings. The molecule has 0 bridgehead atoms. The number of carbonyl (C=O) groups excluding carboxylic acids is 2. The average Bonchev–Trinajstić information content (AvgIpc) is 2.23. The van der Waals surface area contributed by atoms with Gasteiger partial charge in [-0.05, 0) is 13.8 Å². The van der Waals surface area contributed by atoms with E-state index in [0.29, 0.717) is 5.75 Å². The zero-order chi connectivity index (χ0) is 11.9. The fourth-order valence-corrected chi connectivity index (χ4v) is 3.35. The van der Waals surface area contributed by atoms with Crippen LogP contribution in [0, 0.1) is 0 Å². The highest BCUT2D eigenvalue weighted by Crippen LogP contribution is 2.37. The van der Waals surface area contributed by atoms with E-state index in [9.17, 15) is 9.59 Å². The summed E-state index contributed by atoms with van der Waals surface area (Å²) in [6.07, 6.45) is 1.48. The van der Waals surface area contributed by atoms with Gasteiger partial charge in [0.25, 0.3) is 0 Å². The van der Waals surface area contributed by atoms with Crippen LogP contribution in [0.3, 0.4) is 0 Å². The molecular formula is C8H17N3O2S2. The highest BCUT2D eigenvalue weighted by Gasteiger charge is 2.27. The van der Waals surface area contributed by atoms with Crippen molar-refractivity contribution < 1.29 is 9.59 Å². The molecule has 0 aromatic heterocycles. The molecule has 0 aromatic carbocycles. The molecule has 88 valence electrons. The second-order valence-corrected chi connectivity index (χ2v) is 6.54. The van der Waals surface area contributed by atoms with E-state index in [1.54, 1.807) is 0 Å². The first-order valence-electron chi connectivity index (χ1n) is 4.41. The van der Waals surface area contributed by atoms with Crippen molar-refractivity contribution >= 4 is 34.2 Å². The maximum atomic E-state index is 10.5. The first kappa shape index (κ1) is 14.9. The molecule has 15 heavy (non-hydrogen) atoms. The number of aldehydes is 2. The van der Waals surface area contributed by atoms with Crippen molar-refractivity contribution in [2.75, 3.05) is 5.75 Å². The largest absolute Gasteiger partial charge is 0.321 e. The van der Waals surface area contributed by atoms with E-state index in [0.717, 1.165) is 12.6 Å². The van der Waals surface area contributed by atoms with Gasteiger partial charge in [0.15, 0.2) is 0 Å². The van der Waals surface area contributed by atoms with Crippen LogP contribution in [-0.2, 0) is 9.59 Å². The summed E-state index contributed by atoms with van der Waals surface area (Å²) in [7, 11) is 2.94. The predicted molar refractivity (Wildman–Crippen MR) is 65.3 cm³/mol. The van der Waals surface area contributed by atoms with Crippen LogP contribution in [0.15, 0.2) is 0 Å². The third-order valence-electron chi connectivity index (χ3n) is 1.85. The monoisotopic (exact) mass is 251 g/mol. The smallest absolute Gasteiger partial charge is 0.139 e. The SMILES string of the molecule is CC(C)(SSCC(C=O)NN)C(N)C=O. The van der Waals surface area contributed by atoms with Crippen LogP contribution >= 0.6 is 21.6 Å². The first-order chi connectivity index (χ1) is 6.97. The van der Waals surface area contributed by atoms with Gasteiger partial charge in [-0.15, -0.1) is 0 Å². The van der Waals surface area contributed by atoms with Crippen molar-refractivity contribution in [2.45, 2.75) is 30.7 Å². The Kier molecular flexibility index (Phi) is 7.20. The van der Waals surface area contributed by atoms with Crippen molar-refractivity contribution in [3.8, 4) is 0 Å². The number of nitrogens with one attached hydrogen (secondary N) is 1. The summed E-state index contributed by atoms with van der Waals surface area (Å²) in [5.41, 5.74) is 8.00. The van der Waals surface area contributed by atoms with E-state index in [1.165, 1.54) is 21.6 Å². The molecule has 0 aromatic rings. The van der Waals surface area contributed by atoms with Crippen LogP contribution in [0.1, 0.15) is 13.8 Å². The maximum Gasteiger partial charge on any atom is 0.139 e. The van der Waals surface area contributed by atoms with E-state index in [-0.39, 0.29) is 10.8 Å². The second-order valence-electron chi connectivity index (χ2n) is 3.54. The van der Waals surface area contributed by atoms with Gasteiger partial charge in [0.1, 0.15) is 12.6 Å². The minimum absolute atomic E-state index is 0.353. The van der Waals surface area contributed by atoms with Gasteiger partial charge in [-0.3, -0.25) is 5.84 Å². The molecule has 0 aliphatic carbocycles. The Morgan fingerprint density at radius 1 is 1.40 bits per heavy atom. The Labute approximate surface area is 97.5 Å². The number of carbonyl (C=O) groups is 2. The number of hydrogen-bond acceptors (Lipinski definition) is 7. The summed E-state index contributed by atoms with van der Waals surface area (Å²) in [6, 6.07) is -0.888. The van der Waals surface area contributed by atoms with Gasteiger partial charge >= 0.3 is 0 Å². The van der Waals surface area contributed by atoms with Crippen molar-refractivity contribution in [1.29, 1.82) is 0 Å². The number of nitrogens with two attached hydrogens (primary N) is 2. The van der Waals surface area contributed by atoms with Gasteiger partial charge < -0.3 is 15.3 Å². The van der Waals surface area contributed by atoms with Crippen LogP contribution in [-0.4, -0.2) is 35.2 Å². The molecule has 0 aliphatic rings. The van der Waals surface area contributed by atoms with E-state index in [2.05, 4.69) is 5.43 Å². The quantitative estimate of drug-likeness (QED) is 0.236. The summed E-state index contributed by atoms with van der Waals surface area (Å²) < 4.78 is -0.353.